The monoisotopic (exact) mass is 616 g/mol. The van der Waals surface area contributed by atoms with Crippen molar-refractivity contribution in [2.75, 3.05) is 6.61 Å². The van der Waals surface area contributed by atoms with Gasteiger partial charge in [-0.15, -0.1) is 0 Å². The maximum atomic E-state index is 13.1. The van der Waals surface area contributed by atoms with E-state index < -0.39 is 42.9 Å². The Labute approximate surface area is 248 Å². The van der Waals surface area contributed by atoms with Gasteiger partial charge in [-0.1, -0.05) is 70.1 Å². The topological polar surface area (TPSA) is 107 Å². The maximum absolute atomic E-state index is 13.1. The first-order valence-corrected chi connectivity index (χ1v) is 14.8. The lowest BCUT2D eigenvalue weighted by Crippen LogP contribution is -2.40. The average molecular weight is 617 g/mol. The standard InChI is InChI=1S/C32H41F5O6/c1-30(21-11-13-22(38)14-12-21)20-43-28-19-23(39)15-16-24(28)26(30)10-8-6-4-2-3-5-7-9-25(29(41)42)27(40)17-18-31(33,34)32(35,36)37/h11-16,19,25-27,38-40H,2-10,17-18,20H2,1H3,(H,41,42)/t25?,26-,27?,30-/m1/s1. The Bertz CT molecular complexity index is 1190. The van der Waals surface area contributed by atoms with E-state index in [0.29, 0.717) is 25.2 Å². The Morgan fingerprint density at radius 2 is 1.49 bits per heavy atom. The van der Waals surface area contributed by atoms with E-state index in [0.717, 1.165) is 49.7 Å². The van der Waals surface area contributed by atoms with Crippen LogP contribution in [0.4, 0.5) is 22.0 Å². The third-order valence-electron chi connectivity index (χ3n) is 8.65. The molecule has 0 aliphatic carbocycles. The number of phenols is 2. The number of benzene rings is 2. The van der Waals surface area contributed by atoms with Crippen molar-refractivity contribution in [2.45, 2.75) is 107 Å². The summed E-state index contributed by atoms with van der Waals surface area (Å²) in [6.07, 6.45) is -3.63. The van der Waals surface area contributed by atoms with Crippen molar-refractivity contribution >= 4 is 5.97 Å². The third-order valence-corrected chi connectivity index (χ3v) is 8.65. The minimum atomic E-state index is -5.74. The van der Waals surface area contributed by atoms with E-state index in [9.17, 15) is 47.2 Å². The van der Waals surface area contributed by atoms with Gasteiger partial charge in [-0.05, 0) is 48.6 Å². The lowest BCUT2D eigenvalue weighted by Gasteiger charge is -2.43. The van der Waals surface area contributed by atoms with Crippen LogP contribution in [0.2, 0.25) is 0 Å². The number of aromatic hydroxyl groups is 2. The first-order valence-electron chi connectivity index (χ1n) is 14.8. The molecule has 0 spiro atoms. The van der Waals surface area contributed by atoms with Gasteiger partial charge in [-0.2, -0.15) is 22.0 Å². The van der Waals surface area contributed by atoms with Crippen LogP contribution in [0, 0.1) is 5.92 Å². The minimum absolute atomic E-state index is 0.00263. The molecule has 0 saturated carbocycles. The maximum Gasteiger partial charge on any atom is 0.453 e. The van der Waals surface area contributed by atoms with Crippen molar-refractivity contribution in [1.29, 1.82) is 0 Å². The van der Waals surface area contributed by atoms with Gasteiger partial charge >= 0.3 is 18.1 Å². The normalized spacial score (nSPS) is 20.2. The van der Waals surface area contributed by atoms with Crippen molar-refractivity contribution in [1.82, 2.24) is 0 Å². The Kier molecular flexibility index (Phi) is 11.7. The molecule has 11 heteroatoms. The number of carboxylic acids is 1. The molecule has 0 saturated heterocycles. The van der Waals surface area contributed by atoms with Crippen LogP contribution in [0.1, 0.15) is 94.6 Å². The number of rotatable bonds is 16. The number of aliphatic hydroxyl groups excluding tert-OH is 1. The van der Waals surface area contributed by atoms with E-state index in [2.05, 4.69) is 6.92 Å². The molecule has 2 aromatic rings. The van der Waals surface area contributed by atoms with Gasteiger partial charge < -0.3 is 25.2 Å². The summed E-state index contributed by atoms with van der Waals surface area (Å²) >= 11 is 0. The van der Waals surface area contributed by atoms with Gasteiger partial charge in [-0.3, -0.25) is 4.79 Å². The van der Waals surface area contributed by atoms with Crippen molar-refractivity contribution in [3.05, 3.63) is 53.6 Å². The summed E-state index contributed by atoms with van der Waals surface area (Å²) in [5.74, 6) is -6.66. The number of carbonyl (C=O) groups is 1. The number of fused-ring (bicyclic) bond motifs is 1. The fraction of sp³-hybridized carbons (Fsp3) is 0.594. The van der Waals surface area contributed by atoms with Gasteiger partial charge in [0.25, 0.3) is 0 Å². The van der Waals surface area contributed by atoms with Gasteiger partial charge in [0.1, 0.15) is 17.2 Å². The predicted molar refractivity (Wildman–Crippen MR) is 151 cm³/mol. The van der Waals surface area contributed by atoms with Crippen LogP contribution in [0.25, 0.3) is 0 Å². The molecule has 1 aliphatic heterocycles. The fourth-order valence-corrected chi connectivity index (χ4v) is 5.96. The Morgan fingerprint density at radius 3 is 2.09 bits per heavy atom. The van der Waals surface area contributed by atoms with Gasteiger partial charge in [0.15, 0.2) is 0 Å². The van der Waals surface area contributed by atoms with E-state index in [1.807, 2.05) is 18.2 Å². The molecule has 2 unspecified atom stereocenters. The highest BCUT2D eigenvalue weighted by atomic mass is 19.4. The molecule has 4 N–H and O–H groups in total. The number of carboxylic acid groups (broad SMARTS) is 1. The van der Waals surface area contributed by atoms with Crippen LogP contribution in [0.5, 0.6) is 17.2 Å². The first-order chi connectivity index (χ1) is 20.2. The van der Waals surface area contributed by atoms with Crippen LogP contribution in [-0.2, 0) is 10.2 Å². The average Bonchev–Trinajstić information content (AvgIpc) is 2.93. The lowest BCUT2D eigenvalue weighted by molar-refractivity contribution is -0.285. The number of unbranched alkanes of at least 4 members (excludes halogenated alkanes) is 6. The third kappa shape index (κ3) is 8.97. The smallest absolute Gasteiger partial charge is 0.453 e. The molecule has 0 radical (unpaired) electrons. The lowest BCUT2D eigenvalue weighted by atomic mass is 9.66. The highest BCUT2D eigenvalue weighted by Gasteiger charge is 2.57. The van der Waals surface area contributed by atoms with Crippen LogP contribution < -0.4 is 4.74 Å². The van der Waals surface area contributed by atoms with E-state index in [4.69, 9.17) is 4.74 Å². The number of phenolic OH excluding ortho intramolecular Hbond substituents is 2. The molecule has 240 valence electrons. The number of ether oxygens (including phenoxy) is 1. The van der Waals surface area contributed by atoms with E-state index in [-0.39, 0.29) is 29.3 Å². The van der Waals surface area contributed by atoms with Crippen LogP contribution >= 0.6 is 0 Å². The van der Waals surface area contributed by atoms with Gasteiger partial charge in [0.2, 0.25) is 0 Å². The number of alkyl halides is 5. The SMILES string of the molecule is C[C@]1(c2ccc(O)cc2)COc2cc(O)ccc2[C@H]1CCCCCCCCCC(C(=O)O)C(O)CCC(F)(F)C(F)(F)F. The summed E-state index contributed by atoms with van der Waals surface area (Å²) in [6.45, 7) is 2.57. The zero-order valence-corrected chi connectivity index (χ0v) is 24.3. The molecular weight excluding hydrogens is 575 g/mol. The highest BCUT2D eigenvalue weighted by molar-refractivity contribution is 5.70. The summed E-state index contributed by atoms with van der Waals surface area (Å²) in [7, 11) is 0. The molecule has 3 rings (SSSR count). The second-order valence-corrected chi connectivity index (χ2v) is 11.8. The molecule has 1 heterocycles. The molecule has 6 nitrogen and oxygen atoms in total. The van der Waals surface area contributed by atoms with Gasteiger partial charge in [-0.25, -0.2) is 0 Å². The summed E-state index contributed by atoms with van der Waals surface area (Å²) in [5, 5.41) is 39.0. The number of aliphatic carboxylic acids is 1. The first kappa shape index (κ1) is 34.4. The summed E-state index contributed by atoms with van der Waals surface area (Å²) < 4.78 is 69.4. The summed E-state index contributed by atoms with van der Waals surface area (Å²) in [4.78, 5) is 11.5. The number of hydrogen-bond donors (Lipinski definition) is 4. The molecule has 1 aliphatic rings. The van der Waals surface area contributed by atoms with Gasteiger partial charge in [0.05, 0.1) is 18.6 Å². The second-order valence-electron chi connectivity index (χ2n) is 11.8. The van der Waals surface area contributed by atoms with Crippen LogP contribution in [0.15, 0.2) is 42.5 Å². The van der Waals surface area contributed by atoms with Crippen molar-refractivity contribution in [2.24, 2.45) is 5.92 Å². The summed E-state index contributed by atoms with van der Waals surface area (Å²) in [5.41, 5.74) is 1.73. The zero-order valence-electron chi connectivity index (χ0n) is 24.3. The number of aliphatic hydroxyl groups is 1. The Hall–Kier alpha value is -3.08. The van der Waals surface area contributed by atoms with Crippen LogP contribution in [0.3, 0.4) is 0 Å². The molecule has 2 aromatic carbocycles. The summed E-state index contributed by atoms with van der Waals surface area (Å²) in [6, 6.07) is 12.3. The van der Waals surface area contributed by atoms with Gasteiger partial charge in [0, 0.05) is 23.8 Å². The number of halogens is 5. The molecule has 0 aromatic heterocycles. The Balaban J connectivity index is 1.43. The molecule has 43 heavy (non-hydrogen) atoms. The van der Waals surface area contributed by atoms with E-state index in [1.165, 1.54) is 0 Å². The molecule has 0 bridgehead atoms. The highest BCUT2D eigenvalue weighted by Crippen LogP contribution is 2.50. The van der Waals surface area contributed by atoms with Crippen molar-refractivity contribution in [3.8, 4) is 17.2 Å². The van der Waals surface area contributed by atoms with E-state index >= 15 is 0 Å². The zero-order chi connectivity index (χ0) is 31.8. The minimum Gasteiger partial charge on any atom is -0.508 e. The molecule has 4 atom stereocenters. The van der Waals surface area contributed by atoms with E-state index in [1.54, 1.807) is 24.3 Å². The molecule has 0 fully saturated rings. The Morgan fingerprint density at radius 1 is 0.907 bits per heavy atom. The van der Waals surface area contributed by atoms with Crippen molar-refractivity contribution in [3.63, 3.8) is 0 Å². The fourth-order valence-electron chi connectivity index (χ4n) is 5.96. The predicted octanol–water partition coefficient (Wildman–Crippen LogP) is 8.08. The number of hydrogen-bond acceptors (Lipinski definition) is 5. The van der Waals surface area contributed by atoms with Crippen molar-refractivity contribution < 1.29 is 51.9 Å². The quantitative estimate of drug-likeness (QED) is 0.112. The second kappa shape index (κ2) is 14.6. The molecular formula is C32H41F5O6. The van der Waals surface area contributed by atoms with Crippen LogP contribution in [-0.4, -0.2) is 51.2 Å². The largest absolute Gasteiger partial charge is 0.508 e. The molecule has 0 amide bonds.